The number of carbonyl (C=O) groups excluding carboxylic acids is 3. The van der Waals surface area contributed by atoms with Gasteiger partial charge in [0.25, 0.3) is 0 Å². The zero-order chi connectivity index (χ0) is 25.6. The normalized spacial score (nSPS) is 40.5. The summed E-state index contributed by atoms with van der Waals surface area (Å²) in [5, 5.41) is 38.2. The van der Waals surface area contributed by atoms with E-state index in [1.807, 2.05) is 6.92 Å². The molecule has 0 amide bonds. The monoisotopic (exact) mass is 495 g/mol. The Hall–Kier alpha value is -1.69. The van der Waals surface area contributed by atoms with Crippen molar-refractivity contribution >= 4 is 17.5 Å². The van der Waals surface area contributed by atoms with E-state index in [9.17, 15) is 24.6 Å². The molecule has 0 aromatic heterocycles. The van der Waals surface area contributed by atoms with Crippen LogP contribution in [0.3, 0.4) is 0 Å². The third-order valence-corrected chi connectivity index (χ3v) is 9.63. The minimum Gasteiger partial charge on any atom is -0.450 e. The predicted molar refractivity (Wildman–Crippen MR) is 120 cm³/mol. The van der Waals surface area contributed by atoms with Crippen molar-refractivity contribution in [1.82, 2.24) is 5.39 Å². The molecular formula is C25H37NO9. The molecule has 4 rings (SSSR count). The molecule has 3 saturated carbocycles. The summed E-state index contributed by atoms with van der Waals surface area (Å²) < 4.78 is 5.90. The van der Waals surface area contributed by atoms with E-state index in [2.05, 4.69) is 11.8 Å². The number of fused-ring (bicyclic) bond motifs is 5. The van der Waals surface area contributed by atoms with Crippen molar-refractivity contribution in [3.8, 4) is 0 Å². The van der Waals surface area contributed by atoms with Gasteiger partial charge in [-0.3, -0.25) is 29.6 Å². The van der Waals surface area contributed by atoms with E-state index in [0.29, 0.717) is 19.3 Å². The average Bonchev–Trinajstić information content (AvgIpc) is 3.08. The molecule has 0 bridgehead atoms. The second kappa shape index (κ2) is 9.64. The van der Waals surface area contributed by atoms with Crippen LogP contribution >= 0.6 is 0 Å². The summed E-state index contributed by atoms with van der Waals surface area (Å²) in [6.45, 7) is 3.15. The van der Waals surface area contributed by atoms with E-state index < -0.39 is 40.9 Å². The highest BCUT2D eigenvalue weighted by Gasteiger charge is 2.70. The zero-order valence-electron chi connectivity index (χ0n) is 20.4. The van der Waals surface area contributed by atoms with Crippen LogP contribution in [0.4, 0.5) is 0 Å². The molecule has 10 heteroatoms. The molecule has 4 aliphatic rings. The Morgan fingerprint density at radius 1 is 1.17 bits per heavy atom. The van der Waals surface area contributed by atoms with Crippen LogP contribution in [0.5, 0.6) is 0 Å². The van der Waals surface area contributed by atoms with Gasteiger partial charge >= 0.3 is 5.97 Å². The molecule has 2 unspecified atom stereocenters. The Morgan fingerprint density at radius 3 is 2.60 bits per heavy atom. The number of carbonyl (C=O) groups is 3. The Balaban J connectivity index is 1.60. The van der Waals surface area contributed by atoms with E-state index in [1.54, 1.807) is 6.08 Å². The van der Waals surface area contributed by atoms with Gasteiger partial charge in [0.2, 0.25) is 5.78 Å². The summed E-state index contributed by atoms with van der Waals surface area (Å²) in [5.41, 5.74) is -1.52. The fourth-order valence-corrected chi connectivity index (χ4v) is 8.09. The van der Waals surface area contributed by atoms with Crippen molar-refractivity contribution in [2.24, 2.45) is 28.6 Å². The minimum absolute atomic E-state index is 0.0240. The van der Waals surface area contributed by atoms with Crippen LogP contribution < -0.4 is 0 Å². The third-order valence-electron chi connectivity index (χ3n) is 9.63. The average molecular weight is 496 g/mol. The van der Waals surface area contributed by atoms with Crippen molar-refractivity contribution in [3.63, 3.8) is 0 Å². The highest BCUT2D eigenvalue weighted by atomic mass is 17.1. The van der Waals surface area contributed by atoms with Crippen molar-refractivity contribution < 1.29 is 44.6 Å². The molecule has 0 aromatic rings. The second-order valence-electron chi connectivity index (χ2n) is 11.2. The maximum Gasteiger partial charge on any atom is 0.306 e. The molecule has 35 heavy (non-hydrogen) atoms. The molecule has 0 aliphatic heterocycles. The minimum atomic E-state index is -1.53. The molecule has 0 aromatic carbocycles. The Morgan fingerprint density at radius 2 is 1.91 bits per heavy atom. The number of esters is 1. The summed E-state index contributed by atoms with van der Waals surface area (Å²) >= 11 is 0. The van der Waals surface area contributed by atoms with Crippen LogP contribution in [-0.4, -0.2) is 68.5 Å². The standard InChI is InChI=1S/C25H37NO9/c1-23-9-7-16(28)12-15(23)5-6-17-18-8-10-25(20(30)14-27,24(18,2)13-19(29)22(17)23)35-21(31)4-3-11-34-26(32)33/h12,17-19,22,27,29,32-33H,3-11,13-14H2,1-2H3/t17?,18?,19-,22+,23-,24-,25-/m0/s1. The summed E-state index contributed by atoms with van der Waals surface area (Å²) in [7, 11) is 0. The van der Waals surface area contributed by atoms with E-state index in [0.717, 1.165) is 18.4 Å². The molecule has 3 fully saturated rings. The summed E-state index contributed by atoms with van der Waals surface area (Å²) in [6.07, 6.45) is 5.00. The van der Waals surface area contributed by atoms with Gasteiger partial charge in [0.1, 0.15) is 6.61 Å². The van der Waals surface area contributed by atoms with E-state index in [4.69, 9.17) is 15.2 Å². The molecule has 4 aliphatic carbocycles. The van der Waals surface area contributed by atoms with E-state index in [-0.39, 0.29) is 61.2 Å². The Bertz CT molecular complexity index is 903. The number of nitrogens with zero attached hydrogens (tertiary/aromatic N) is 1. The third kappa shape index (κ3) is 4.28. The first-order valence-electron chi connectivity index (χ1n) is 12.6. The first-order valence-corrected chi connectivity index (χ1v) is 12.6. The molecule has 10 nitrogen and oxygen atoms in total. The molecular weight excluding hydrogens is 458 g/mol. The molecule has 7 atom stereocenters. The van der Waals surface area contributed by atoms with Crippen molar-refractivity contribution in [3.05, 3.63) is 11.6 Å². The Labute approximate surface area is 204 Å². The Kier molecular flexibility index (Phi) is 7.27. The van der Waals surface area contributed by atoms with Crippen LogP contribution in [0.15, 0.2) is 11.6 Å². The fraction of sp³-hybridized carbons (Fsp3) is 0.800. The van der Waals surface area contributed by atoms with Crippen LogP contribution in [0.2, 0.25) is 0 Å². The molecule has 0 heterocycles. The van der Waals surface area contributed by atoms with Crippen LogP contribution in [0.1, 0.15) is 71.6 Å². The summed E-state index contributed by atoms with van der Waals surface area (Å²) in [5.74, 6) is -0.956. The van der Waals surface area contributed by atoms with Crippen LogP contribution in [0.25, 0.3) is 0 Å². The van der Waals surface area contributed by atoms with Gasteiger partial charge in [0.15, 0.2) is 11.4 Å². The number of aliphatic hydroxyl groups excluding tert-OH is 2. The number of rotatable bonds is 8. The van der Waals surface area contributed by atoms with Crippen molar-refractivity contribution in [2.75, 3.05) is 13.2 Å². The number of aliphatic hydroxyl groups is 2. The molecule has 0 spiro atoms. The number of ketones is 2. The predicted octanol–water partition coefficient (Wildman–Crippen LogP) is 2.12. The van der Waals surface area contributed by atoms with Gasteiger partial charge in [-0.1, -0.05) is 19.4 Å². The van der Waals surface area contributed by atoms with E-state index >= 15 is 0 Å². The lowest BCUT2D eigenvalue weighted by Crippen LogP contribution is -2.63. The molecule has 4 N–H and O–H groups in total. The second-order valence-corrected chi connectivity index (χ2v) is 11.2. The lowest BCUT2D eigenvalue weighted by atomic mass is 9.45. The largest absolute Gasteiger partial charge is 0.450 e. The maximum atomic E-state index is 13.2. The van der Waals surface area contributed by atoms with Crippen molar-refractivity contribution in [1.29, 1.82) is 0 Å². The maximum absolute atomic E-state index is 13.2. The first-order chi connectivity index (χ1) is 16.5. The number of allylic oxidation sites excluding steroid dienone is 1. The lowest BCUT2D eigenvalue weighted by molar-refractivity contribution is -0.492. The van der Waals surface area contributed by atoms with Crippen LogP contribution in [-0.2, 0) is 24.0 Å². The number of Topliss-reactive ketones (excluding diaryl/α,β-unsaturated/α-hetero) is 1. The fourth-order valence-electron chi connectivity index (χ4n) is 8.09. The van der Waals surface area contributed by atoms with Gasteiger partial charge < -0.3 is 14.9 Å². The van der Waals surface area contributed by atoms with Gasteiger partial charge in [-0.15, -0.1) is 0 Å². The van der Waals surface area contributed by atoms with Gasteiger partial charge in [-0.25, -0.2) is 0 Å². The summed E-state index contributed by atoms with van der Waals surface area (Å²) in [4.78, 5) is 42.5. The number of hydrogen-bond acceptors (Lipinski definition) is 10. The topological polar surface area (TPSA) is 154 Å². The number of ether oxygens (including phenoxy) is 1. The smallest absolute Gasteiger partial charge is 0.306 e. The SMILES string of the molecule is C[C@]12CCC(=O)C=C1CCC1C3CC[C@](OC(=O)CCCON(O)O)(C(=O)CO)[C@@]3(C)C[C@H](O)[C@@H]12. The molecule has 196 valence electrons. The number of hydrogen-bond donors (Lipinski definition) is 4. The van der Waals surface area contributed by atoms with Gasteiger partial charge in [-0.2, -0.15) is 0 Å². The van der Waals surface area contributed by atoms with Crippen LogP contribution in [0, 0.1) is 28.6 Å². The highest BCUT2D eigenvalue weighted by Crippen LogP contribution is 2.68. The van der Waals surface area contributed by atoms with E-state index in [1.165, 1.54) is 0 Å². The van der Waals surface area contributed by atoms with Gasteiger partial charge in [-0.05, 0) is 74.2 Å². The quantitative estimate of drug-likeness (QED) is 0.224. The van der Waals surface area contributed by atoms with Gasteiger partial charge in [0, 0.05) is 18.3 Å². The first kappa shape index (κ1) is 26.4. The molecule has 0 saturated heterocycles. The molecule has 0 radical (unpaired) electrons. The van der Waals surface area contributed by atoms with Crippen molar-refractivity contribution in [2.45, 2.75) is 83.3 Å². The lowest BCUT2D eigenvalue weighted by Gasteiger charge is -2.60. The summed E-state index contributed by atoms with van der Waals surface area (Å²) in [6, 6.07) is 0. The zero-order valence-corrected chi connectivity index (χ0v) is 20.4. The highest BCUT2D eigenvalue weighted by molar-refractivity contribution is 5.92. The van der Waals surface area contributed by atoms with Gasteiger partial charge in [0.05, 0.1) is 18.1 Å².